The van der Waals surface area contributed by atoms with Gasteiger partial charge in [-0.1, -0.05) is 56.1 Å². The molecule has 100 valence electrons. The lowest BCUT2D eigenvalue weighted by Crippen LogP contribution is -2.02. The third kappa shape index (κ3) is 4.01. The largest absolute Gasteiger partial charge is 0.435 e. The topological polar surface area (TPSA) is 9.23 Å². The predicted octanol–water partition coefficient (Wildman–Crippen LogP) is 5.53. The van der Waals surface area contributed by atoms with Gasteiger partial charge >= 0.3 is 6.61 Å². The summed E-state index contributed by atoms with van der Waals surface area (Å²) in [5.41, 5.74) is 2.06. The predicted molar refractivity (Wildman–Crippen MR) is 78.0 cm³/mol. The van der Waals surface area contributed by atoms with Crippen LogP contribution < -0.4 is 4.74 Å². The molecule has 0 aliphatic heterocycles. The second-order valence-electron chi connectivity index (χ2n) is 3.86. The van der Waals surface area contributed by atoms with Gasteiger partial charge < -0.3 is 4.74 Å². The average Bonchev–Trinajstić information content (AvgIpc) is 2.39. The van der Waals surface area contributed by atoms with E-state index in [1.54, 1.807) is 12.1 Å². The highest BCUT2D eigenvalue weighted by atomic mass is 79.9. The molecule has 2 rings (SSSR count). The molecule has 1 unspecified atom stereocenters. The van der Waals surface area contributed by atoms with Gasteiger partial charge in [-0.15, -0.1) is 0 Å². The molecule has 0 aliphatic rings. The average molecular weight is 392 g/mol. The standard InChI is InChI=1S/C14H10Br2F2O/c15-11-5-1-9(2-6-11)13(16)10-3-7-12(8-4-10)19-14(17)18/h1-8,13-14H. The molecule has 5 heteroatoms. The number of benzene rings is 2. The maximum atomic E-state index is 12.0. The van der Waals surface area contributed by atoms with Gasteiger partial charge in [-0.25, -0.2) is 0 Å². The first-order chi connectivity index (χ1) is 9.06. The van der Waals surface area contributed by atoms with E-state index < -0.39 is 6.61 Å². The van der Waals surface area contributed by atoms with Gasteiger partial charge in [0.15, 0.2) is 0 Å². The maximum Gasteiger partial charge on any atom is 0.387 e. The Bertz CT molecular complexity index is 526. The minimum Gasteiger partial charge on any atom is -0.435 e. The highest BCUT2D eigenvalue weighted by Gasteiger charge is 2.11. The Hall–Kier alpha value is -0.940. The van der Waals surface area contributed by atoms with Crippen LogP contribution in [0.4, 0.5) is 8.78 Å². The van der Waals surface area contributed by atoms with Gasteiger partial charge in [0, 0.05) is 4.47 Å². The summed E-state index contributed by atoms with van der Waals surface area (Å²) in [6.07, 6.45) is 0. The summed E-state index contributed by atoms with van der Waals surface area (Å²) in [4.78, 5) is 0.0150. The molecule has 0 radical (unpaired) electrons. The summed E-state index contributed by atoms with van der Waals surface area (Å²) >= 11 is 6.97. The van der Waals surface area contributed by atoms with Crippen molar-refractivity contribution in [2.75, 3.05) is 0 Å². The van der Waals surface area contributed by atoms with E-state index >= 15 is 0 Å². The molecule has 1 atom stereocenters. The first-order valence-electron chi connectivity index (χ1n) is 5.50. The second-order valence-corrected chi connectivity index (χ2v) is 5.69. The maximum absolute atomic E-state index is 12.0. The summed E-state index contributed by atoms with van der Waals surface area (Å²) in [5, 5.41) is 0. The molecule has 0 fully saturated rings. The normalized spacial score (nSPS) is 12.5. The zero-order valence-electron chi connectivity index (χ0n) is 9.69. The third-order valence-corrected chi connectivity index (χ3v) is 4.15. The van der Waals surface area contributed by atoms with Crippen molar-refractivity contribution in [2.45, 2.75) is 11.4 Å². The van der Waals surface area contributed by atoms with Crippen LogP contribution in [0, 0.1) is 0 Å². The molecule has 0 heterocycles. The van der Waals surface area contributed by atoms with Crippen molar-refractivity contribution in [3.05, 3.63) is 64.1 Å². The molecule has 0 saturated carbocycles. The molecule has 1 nitrogen and oxygen atoms in total. The van der Waals surface area contributed by atoms with E-state index in [4.69, 9.17) is 0 Å². The first-order valence-corrected chi connectivity index (χ1v) is 7.21. The van der Waals surface area contributed by atoms with E-state index in [2.05, 4.69) is 36.6 Å². The molecule has 0 N–H and O–H groups in total. The number of hydrogen-bond donors (Lipinski definition) is 0. The van der Waals surface area contributed by atoms with Crippen LogP contribution in [-0.4, -0.2) is 6.61 Å². The lowest BCUT2D eigenvalue weighted by Gasteiger charge is -2.12. The number of rotatable bonds is 4. The Morgan fingerprint density at radius 2 is 1.32 bits per heavy atom. The molecule has 19 heavy (non-hydrogen) atoms. The lowest BCUT2D eigenvalue weighted by molar-refractivity contribution is -0.0498. The fourth-order valence-corrected chi connectivity index (χ4v) is 2.52. The molecule has 0 amide bonds. The zero-order valence-corrected chi connectivity index (χ0v) is 12.9. The van der Waals surface area contributed by atoms with Crippen molar-refractivity contribution < 1.29 is 13.5 Å². The van der Waals surface area contributed by atoms with Gasteiger partial charge in [-0.3, -0.25) is 0 Å². The van der Waals surface area contributed by atoms with E-state index in [-0.39, 0.29) is 10.6 Å². The first kappa shape index (κ1) is 14.5. The molecule has 0 saturated heterocycles. The van der Waals surface area contributed by atoms with Crippen LogP contribution in [0.2, 0.25) is 0 Å². The Morgan fingerprint density at radius 3 is 1.79 bits per heavy atom. The molecular weight excluding hydrogens is 382 g/mol. The van der Waals surface area contributed by atoms with Crippen molar-refractivity contribution in [3.63, 3.8) is 0 Å². The molecule has 0 aromatic heterocycles. The van der Waals surface area contributed by atoms with Crippen LogP contribution in [0.1, 0.15) is 16.0 Å². The van der Waals surface area contributed by atoms with Crippen molar-refractivity contribution >= 4 is 31.9 Å². The summed E-state index contributed by atoms with van der Waals surface area (Å²) in [6.45, 7) is -2.79. The van der Waals surface area contributed by atoms with Crippen molar-refractivity contribution in [1.29, 1.82) is 0 Å². The van der Waals surface area contributed by atoms with Crippen molar-refractivity contribution in [3.8, 4) is 5.75 Å². The fourth-order valence-electron chi connectivity index (χ4n) is 1.64. The van der Waals surface area contributed by atoms with E-state index in [9.17, 15) is 8.78 Å². The summed E-state index contributed by atoms with van der Waals surface area (Å²) < 4.78 is 29.4. The number of halogens is 4. The number of alkyl halides is 3. The van der Waals surface area contributed by atoms with Crippen LogP contribution >= 0.6 is 31.9 Å². The number of ether oxygens (including phenoxy) is 1. The fraction of sp³-hybridized carbons (Fsp3) is 0.143. The van der Waals surface area contributed by atoms with Crippen LogP contribution in [0.5, 0.6) is 5.75 Å². The Kier molecular flexibility index (Phi) is 4.93. The van der Waals surface area contributed by atoms with Gasteiger partial charge in [0.25, 0.3) is 0 Å². The minimum absolute atomic E-state index is 0.0150. The molecule has 0 spiro atoms. The zero-order chi connectivity index (χ0) is 13.8. The highest BCUT2D eigenvalue weighted by Crippen LogP contribution is 2.32. The van der Waals surface area contributed by atoms with E-state index in [0.29, 0.717) is 0 Å². The minimum atomic E-state index is -2.79. The Labute approximate surface area is 126 Å². The van der Waals surface area contributed by atoms with Crippen molar-refractivity contribution in [1.82, 2.24) is 0 Å². The molecule has 0 aliphatic carbocycles. The van der Waals surface area contributed by atoms with Crippen LogP contribution in [0.25, 0.3) is 0 Å². The second kappa shape index (κ2) is 6.48. The van der Waals surface area contributed by atoms with Gasteiger partial charge in [0.1, 0.15) is 5.75 Å². The van der Waals surface area contributed by atoms with Crippen LogP contribution in [0.3, 0.4) is 0 Å². The Morgan fingerprint density at radius 1 is 0.842 bits per heavy atom. The Balaban J connectivity index is 2.15. The summed E-state index contributed by atoms with van der Waals surface area (Å²) in [7, 11) is 0. The molecular formula is C14H10Br2F2O. The van der Waals surface area contributed by atoms with Crippen LogP contribution in [0.15, 0.2) is 53.0 Å². The lowest BCUT2D eigenvalue weighted by atomic mass is 10.1. The number of hydrogen-bond acceptors (Lipinski definition) is 1. The van der Waals surface area contributed by atoms with E-state index in [0.717, 1.165) is 15.6 Å². The highest BCUT2D eigenvalue weighted by molar-refractivity contribution is 9.10. The molecule has 0 bridgehead atoms. The van der Waals surface area contributed by atoms with E-state index in [1.165, 1.54) is 12.1 Å². The van der Waals surface area contributed by atoms with Gasteiger partial charge in [0.05, 0.1) is 4.83 Å². The van der Waals surface area contributed by atoms with Gasteiger partial charge in [-0.2, -0.15) is 8.78 Å². The van der Waals surface area contributed by atoms with Crippen LogP contribution in [-0.2, 0) is 0 Å². The van der Waals surface area contributed by atoms with Gasteiger partial charge in [0.2, 0.25) is 0 Å². The molecule has 2 aromatic rings. The SMILES string of the molecule is FC(F)Oc1ccc(C(Br)c2ccc(Br)cc2)cc1. The summed E-state index contributed by atoms with van der Waals surface area (Å²) in [6, 6.07) is 14.5. The van der Waals surface area contributed by atoms with Crippen molar-refractivity contribution in [2.24, 2.45) is 0 Å². The third-order valence-electron chi connectivity index (χ3n) is 2.56. The monoisotopic (exact) mass is 390 g/mol. The van der Waals surface area contributed by atoms with Gasteiger partial charge in [-0.05, 0) is 35.4 Å². The summed E-state index contributed by atoms with van der Waals surface area (Å²) in [5.74, 6) is 0.161. The van der Waals surface area contributed by atoms with E-state index in [1.807, 2.05) is 24.3 Å². The quantitative estimate of drug-likeness (QED) is 0.622. The smallest absolute Gasteiger partial charge is 0.387 e. The molecule has 2 aromatic carbocycles.